The van der Waals surface area contributed by atoms with Crippen molar-refractivity contribution in [1.29, 1.82) is 0 Å². The van der Waals surface area contributed by atoms with Gasteiger partial charge in [-0.15, -0.1) is 11.3 Å². The highest BCUT2D eigenvalue weighted by Crippen LogP contribution is 2.35. The van der Waals surface area contributed by atoms with E-state index < -0.39 is 29.5 Å². The zero-order chi connectivity index (χ0) is 32.4. The van der Waals surface area contributed by atoms with Crippen molar-refractivity contribution in [3.63, 3.8) is 0 Å². The Kier molecular flexibility index (Phi) is 9.39. The van der Waals surface area contributed by atoms with Gasteiger partial charge in [-0.1, -0.05) is 19.1 Å². The number of nitrogens with zero attached hydrogens (tertiary/aromatic N) is 1. The Bertz CT molecular complexity index is 1730. The zero-order valence-electron chi connectivity index (χ0n) is 26.2. The topological polar surface area (TPSA) is 137 Å². The number of amides is 1. The molecule has 234 valence electrons. The van der Waals surface area contributed by atoms with E-state index in [4.69, 9.17) is 18.6 Å². The summed E-state index contributed by atoms with van der Waals surface area (Å²) in [6.45, 7) is 14.2. The summed E-state index contributed by atoms with van der Waals surface area (Å²) in [7, 11) is 0. The fraction of sp³-hybridized carbons (Fsp3) is 0.394. The van der Waals surface area contributed by atoms with Crippen molar-refractivity contribution < 1.29 is 33.3 Å². The lowest BCUT2D eigenvalue weighted by molar-refractivity contribution is 0.0205. The fourth-order valence-electron chi connectivity index (χ4n) is 4.45. The Morgan fingerprint density at radius 1 is 1.05 bits per heavy atom. The molecule has 2 aromatic carbocycles. The number of phenols is 1. The van der Waals surface area contributed by atoms with E-state index in [1.165, 1.54) is 17.4 Å². The first-order chi connectivity index (χ1) is 20.5. The number of hydrogen-bond donors (Lipinski definition) is 2. The number of carbonyl (C=O) groups excluding carboxylic acids is 2. The molecule has 4 rings (SSSR count). The van der Waals surface area contributed by atoms with Gasteiger partial charge in [0.15, 0.2) is 0 Å². The van der Waals surface area contributed by atoms with Crippen LogP contribution in [0.3, 0.4) is 0 Å². The molecule has 44 heavy (non-hydrogen) atoms. The molecule has 0 aliphatic rings. The Morgan fingerprint density at radius 3 is 2.27 bits per heavy atom. The van der Waals surface area contributed by atoms with Crippen molar-refractivity contribution in [3.8, 4) is 22.1 Å². The van der Waals surface area contributed by atoms with Gasteiger partial charge in [0.25, 0.3) is 0 Å². The van der Waals surface area contributed by atoms with Crippen LogP contribution in [-0.4, -0.2) is 33.5 Å². The van der Waals surface area contributed by atoms with Crippen molar-refractivity contribution in [2.24, 2.45) is 0 Å². The highest BCUT2D eigenvalue weighted by Gasteiger charge is 2.29. The number of ether oxygens (including phenoxy) is 3. The number of carbonyl (C=O) groups is 2. The van der Waals surface area contributed by atoms with Crippen LogP contribution in [0, 0.1) is 6.92 Å². The largest absolute Gasteiger partial charge is 0.514 e. The van der Waals surface area contributed by atoms with Crippen LogP contribution in [0.15, 0.2) is 51.0 Å². The number of aromatic hydroxyl groups is 1. The Hall–Kier alpha value is -4.38. The SMILES string of the molecule is CCc1cc2c(=O)c(-c3nc(C)cs3)c(C(Cc3ccc(OC(=O)OC(C)(C)C)cc3)NC(=O)OC(C)(C)C)oc2cc1O. The number of alkyl carbamates (subject to hydrolysis) is 1. The van der Waals surface area contributed by atoms with Crippen LogP contribution in [0.4, 0.5) is 9.59 Å². The highest BCUT2D eigenvalue weighted by molar-refractivity contribution is 7.13. The van der Waals surface area contributed by atoms with E-state index in [1.54, 1.807) is 71.9 Å². The molecule has 0 aliphatic heterocycles. The van der Waals surface area contributed by atoms with Crippen LogP contribution in [-0.2, 0) is 22.3 Å². The number of fused-ring (bicyclic) bond motifs is 1. The maximum absolute atomic E-state index is 14.1. The number of aryl methyl sites for hydroxylation is 2. The van der Waals surface area contributed by atoms with Gasteiger partial charge in [-0.05, 0) is 84.2 Å². The Labute approximate surface area is 260 Å². The minimum Gasteiger partial charge on any atom is -0.508 e. The van der Waals surface area contributed by atoms with Crippen molar-refractivity contribution in [2.45, 2.75) is 85.5 Å². The van der Waals surface area contributed by atoms with E-state index in [-0.39, 0.29) is 40.3 Å². The number of rotatable bonds is 7. The van der Waals surface area contributed by atoms with Gasteiger partial charge in [0, 0.05) is 23.6 Å². The summed E-state index contributed by atoms with van der Waals surface area (Å²) in [5, 5.41) is 16.0. The second-order valence-corrected chi connectivity index (χ2v) is 13.3. The lowest BCUT2D eigenvalue weighted by Gasteiger charge is -2.24. The van der Waals surface area contributed by atoms with E-state index in [1.807, 2.05) is 19.2 Å². The molecule has 1 atom stereocenters. The van der Waals surface area contributed by atoms with Gasteiger partial charge < -0.3 is 29.1 Å². The first-order valence-electron chi connectivity index (χ1n) is 14.3. The average Bonchev–Trinajstić information content (AvgIpc) is 3.32. The zero-order valence-corrected chi connectivity index (χ0v) is 27.0. The molecule has 0 fully saturated rings. The average molecular weight is 623 g/mol. The van der Waals surface area contributed by atoms with Gasteiger partial charge in [-0.25, -0.2) is 14.6 Å². The lowest BCUT2D eigenvalue weighted by atomic mass is 9.98. The minimum atomic E-state index is -0.883. The van der Waals surface area contributed by atoms with Gasteiger partial charge in [0.2, 0.25) is 5.43 Å². The molecular weight excluding hydrogens is 584 g/mol. The van der Waals surface area contributed by atoms with E-state index in [9.17, 15) is 19.5 Å². The molecule has 2 N–H and O–H groups in total. The Balaban J connectivity index is 1.81. The number of aromatic nitrogens is 1. The standard InChI is InChI=1S/C33H38N2O8S/c1-9-20-15-22-25(16-24(20)36)41-28(26(27(22)37)29-34-18(2)17-44-29)23(35-30(38)42-32(3,4)5)14-19-10-12-21(13-11-19)40-31(39)43-33(6,7)8/h10-13,15-17,23,36H,9,14H2,1-8H3,(H,35,38). The van der Waals surface area contributed by atoms with Crippen LogP contribution in [0.5, 0.6) is 11.5 Å². The molecule has 10 nitrogen and oxygen atoms in total. The number of thiazole rings is 1. The van der Waals surface area contributed by atoms with Crippen molar-refractivity contribution in [3.05, 3.63) is 74.6 Å². The van der Waals surface area contributed by atoms with Gasteiger partial charge in [0.1, 0.15) is 39.1 Å². The predicted molar refractivity (Wildman–Crippen MR) is 168 cm³/mol. The van der Waals surface area contributed by atoms with E-state index in [0.717, 1.165) is 11.3 Å². The second-order valence-electron chi connectivity index (χ2n) is 12.4. The third kappa shape index (κ3) is 8.16. The van der Waals surface area contributed by atoms with Gasteiger partial charge >= 0.3 is 12.2 Å². The molecular formula is C33H38N2O8S. The number of hydrogen-bond acceptors (Lipinski definition) is 10. The van der Waals surface area contributed by atoms with Crippen LogP contribution in [0.25, 0.3) is 21.5 Å². The summed E-state index contributed by atoms with van der Waals surface area (Å²) in [6.07, 6.45) is -0.840. The van der Waals surface area contributed by atoms with Crippen LogP contribution >= 0.6 is 11.3 Å². The lowest BCUT2D eigenvalue weighted by Crippen LogP contribution is -2.36. The molecule has 0 aliphatic carbocycles. The summed E-state index contributed by atoms with van der Waals surface area (Å²) < 4.78 is 22.4. The van der Waals surface area contributed by atoms with Gasteiger partial charge in [-0.2, -0.15) is 0 Å². The van der Waals surface area contributed by atoms with E-state index in [0.29, 0.717) is 22.4 Å². The molecule has 0 saturated heterocycles. The van der Waals surface area contributed by atoms with E-state index >= 15 is 0 Å². The summed E-state index contributed by atoms with van der Waals surface area (Å²) >= 11 is 1.29. The fourth-order valence-corrected chi connectivity index (χ4v) is 5.29. The highest BCUT2D eigenvalue weighted by atomic mass is 32.1. The number of benzene rings is 2. The van der Waals surface area contributed by atoms with Crippen LogP contribution < -0.4 is 15.5 Å². The monoisotopic (exact) mass is 622 g/mol. The second kappa shape index (κ2) is 12.7. The van der Waals surface area contributed by atoms with Crippen molar-refractivity contribution in [2.75, 3.05) is 0 Å². The summed E-state index contributed by atoms with van der Waals surface area (Å²) in [5.74, 6) is 0.447. The first kappa shape index (κ1) is 32.5. The molecule has 11 heteroatoms. The smallest absolute Gasteiger partial charge is 0.508 e. The minimum absolute atomic E-state index is 0.00386. The predicted octanol–water partition coefficient (Wildman–Crippen LogP) is 7.62. The summed E-state index contributed by atoms with van der Waals surface area (Å²) in [6, 6.07) is 8.84. The van der Waals surface area contributed by atoms with Gasteiger partial charge in [0.05, 0.1) is 17.0 Å². The summed E-state index contributed by atoms with van der Waals surface area (Å²) in [5.41, 5.74) is 0.644. The Morgan fingerprint density at radius 2 is 1.70 bits per heavy atom. The molecule has 2 aromatic heterocycles. The molecule has 2 heterocycles. The molecule has 0 saturated carbocycles. The first-order valence-corrected chi connectivity index (χ1v) is 15.2. The molecule has 1 amide bonds. The number of nitrogens with one attached hydrogen (secondary N) is 1. The van der Waals surface area contributed by atoms with Crippen molar-refractivity contribution in [1.82, 2.24) is 10.3 Å². The quantitative estimate of drug-likeness (QED) is 0.157. The molecule has 0 radical (unpaired) electrons. The van der Waals surface area contributed by atoms with Crippen LogP contribution in [0.2, 0.25) is 0 Å². The normalized spacial score (nSPS) is 12.5. The number of phenolic OH excluding ortho intramolecular Hbond substituents is 1. The third-order valence-electron chi connectivity index (χ3n) is 6.29. The van der Waals surface area contributed by atoms with Crippen LogP contribution in [0.1, 0.15) is 77.1 Å². The van der Waals surface area contributed by atoms with E-state index in [2.05, 4.69) is 10.3 Å². The maximum atomic E-state index is 14.1. The summed E-state index contributed by atoms with van der Waals surface area (Å²) in [4.78, 5) is 43.8. The molecule has 0 spiro atoms. The molecule has 1 unspecified atom stereocenters. The third-order valence-corrected chi connectivity index (χ3v) is 7.27. The molecule has 4 aromatic rings. The maximum Gasteiger partial charge on any atom is 0.514 e. The molecule has 0 bridgehead atoms. The van der Waals surface area contributed by atoms with Crippen molar-refractivity contribution >= 4 is 34.6 Å². The van der Waals surface area contributed by atoms with Gasteiger partial charge in [-0.3, -0.25) is 4.79 Å².